The van der Waals surface area contributed by atoms with Gasteiger partial charge in [0.2, 0.25) is 5.91 Å². The zero-order valence-electron chi connectivity index (χ0n) is 10.8. The first-order valence-electron chi connectivity index (χ1n) is 6.31. The number of hydrogen-bond donors (Lipinski definition) is 2. The number of halogens is 3. The zero-order chi connectivity index (χ0) is 13.9. The van der Waals surface area contributed by atoms with E-state index < -0.39 is 18.6 Å². The molecule has 3 nitrogen and oxygen atoms in total. The van der Waals surface area contributed by atoms with E-state index in [2.05, 4.69) is 5.32 Å². The molecule has 1 rings (SSSR count). The van der Waals surface area contributed by atoms with Gasteiger partial charge in [0.05, 0.1) is 6.42 Å². The Morgan fingerprint density at radius 3 is 2.56 bits per heavy atom. The minimum atomic E-state index is -4.24. The van der Waals surface area contributed by atoms with Crippen molar-refractivity contribution in [3.63, 3.8) is 0 Å². The van der Waals surface area contributed by atoms with Crippen LogP contribution in [0, 0.1) is 11.8 Å². The second-order valence-corrected chi connectivity index (χ2v) is 5.39. The molecule has 1 saturated carbocycles. The van der Waals surface area contributed by atoms with Crippen molar-refractivity contribution in [1.82, 2.24) is 5.32 Å². The predicted molar refractivity (Wildman–Crippen MR) is 62.8 cm³/mol. The third-order valence-corrected chi connectivity index (χ3v) is 3.47. The quantitative estimate of drug-likeness (QED) is 0.823. The molecular formula is C12H21F3N2O. The average molecular weight is 266 g/mol. The number of amides is 1. The van der Waals surface area contributed by atoms with E-state index in [1.807, 2.05) is 6.92 Å². The standard InChI is InChI=1S/C12H21F3N2O/c1-7-5-9(16)3-4-10(7)11(18)17-8(2)6-12(13,14)15/h7-10H,3-6,16H2,1-2H3,(H,17,18). The Kier molecular flexibility index (Phi) is 5.01. The number of nitrogens with two attached hydrogens (primary N) is 1. The van der Waals surface area contributed by atoms with Gasteiger partial charge in [0, 0.05) is 18.0 Å². The van der Waals surface area contributed by atoms with Gasteiger partial charge in [-0.1, -0.05) is 6.92 Å². The molecule has 0 spiro atoms. The Labute approximate surface area is 105 Å². The topological polar surface area (TPSA) is 55.1 Å². The van der Waals surface area contributed by atoms with E-state index in [9.17, 15) is 18.0 Å². The predicted octanol–water partition coefficient (Wildman–Crippen LogP) is 2.21. The summed E-state index contributed by atoms with van der Waals surface area (Å²) in [7, 11) is 0. The van der Waals surface area contributed by atoms with E-state index in [1.54, 1.807) is 0 Å². The number of rotatable bonds is 3. The van der Waals surface area contributed by atoms with Gasteiger partial charge in [-0.3, -0.25) is 4.79 Å². The molecule has 0 radical (unpaired) electrons. The maximum absolute atomic E-state index is 12.2. The average Bonchev–Trinajstić information content (AvgIpc) is 2.13. The molecule has 4 atom stereocenters. The molecular weight excluding hydrogens is 245 g/mol. The van der Waals surface area contributed by atoms with E-state index in [-0.39, 0.29) is 23.8 Å². The van der Waals surface area contributed by atoms with Crippen molar-refractivity contribution in [2.24, 2.45) is 17.6 Å². The van der Waals surface area contributed by atoms with E-state index in [1.165, 1.54) is 6.92 Å². The molecule has 1 amide bonds. The summed E-state index contributed by atoms with van der Waals surface area (Å²) in [6.07, 6.45) is -3.05. The summed E-state index contributed by atoms with van der Waals surface area (Å²) in [5, 5.41) is 2.45. The zero-order valence-corrected chi connectivity index (χ0v) is 10.8. The monoisotopic (exact) mass is 266 g/mol. The van der Waals surface area contributed by atoms with Gasteiger partial charge < -0.3 is 11.1 Å². The fraction of sp³-hybridized carbons (Fsp3) is 0.917. The summed E-state index contributed by atoms with van der Waals surface area (Å²) < 4.78 is 36.5. The molecule has 0 aliphatic heterocycles. The maximum atomic E-state index is 12.2. The van der Waals surface area contributed by atoms with Gasteiger partial charge in [-0.2, -0.15) is 13.2 Å². The molecule has 3 N–H and O–H groups in total. The Balaban J connectivity index is 2.45. The van der Waals surface area contributed by atoms with Gasteiger partial charge in [0.25, 0.3) is 0 Å². The van der Waals surface area contributed by atoms with E-state index in [0.717, 1.165) is 12.8 Å². The van der Waals surface area contributed by atoms with Crippen LogP contribution in [0.2, 0.25) is 0 Å². The van der Waals surface area contributed by atoms with Crippen LogP contribution in [0.3, 0.4) is 0 Å². The van der Waals surface area contributed by atoms with Crippen molar-refractivity contribution in [2.75, 3.05) is 0 Å². The highest BCUT2D eigenvalue weighted by atomic mass is 19.4. The second kappa shape index (κ2) is 5.91. The normalized spacial score (nSPS) is 30.9. The summed E-state index contributed by atoms with van der Waals surface area (Å²) >= 11 is 0. The Morgan fingerprint density at radius 2 is 2.06 bits per heavy atom. The Morgan fingerprint density at radius 1 is 1.44 bits per heavy atom. The summed E-state index contributed by atoms with van der Waals surface area (Å²) in [5.41, 5.74) is 5.79. The first-order chi connectivity index (χ1) is 8.19. The smallest absolute Gasteiger partial charge is 0.353 e. The van der Waals surface area contributed by atoms with Crippen LogP contribution in [-0.2, 0) is 4.79 Å². The van der Waals surface area contributed by atoms with Crippen molar-refractivity contribution in [3.8, 4) is 0 Å². The molecule has 0 aromatic heterocycles. The molecule has 1 aliphatic rings. The molecule has 106 valence electrons. The van der Waals surface area contributed by atoms with Gasteiger partial charge in [-0.25, -0.2) is 0 Å². The lowest BCUT2D eigenvalue weighted by molar-refractivity contribution is -0.142. The first-order valence-corrected chi connectivity index (χ1v) is 6.31. The van der Waals surface area contributed by atoms with Crippen LogP contribution in [0.1, 0.15) is 39.5 Å². The molecule has 4 unspecified atom stereocenters. The van der Waals surface area contributed by atoms with Crippen molar-refractivity contribution >= 4 is 5.91 Å². The van der Waals surface area contributed by atoms with Crippen molar-refractivity contribution in [3.05, 3.63) is 0 Å². The van der Waals surface area contributed by atoms with Gasteiger partial charge in [0.15, 0.2) is 0 Å². The maximum Gasteiger partial charge on any atom is 0.391 e. The van der Waals surface area contributed by atoms with Crippen LogP contribution in [0.15, 0.2) is 0 Å². The summed E-state index contributed by atoms with van der Waals surface area (Å²) in [5.74, 6) is -0.349. The summed E-state index contributed by atoms with van der Waals surface area (Å²) in [6.45, 7) is 3.31. The van der Waals surface area contributed by atoms with E-state index in [4.69, 9.17) is 5.73 Å². The first kappa shape index (κ1) is 15.3. The van der Waals surface area contributed by atoms with Crippen LogP contribution >= 0.6 is 0 Å². The fourth-order valence-corrected chi connectivity index (χ4v) is 2.58. The molecule has 0 bridgehead atoms. The lowest BCUT2D eigenvalue weighted by atomic mass is 9.77. The van der Waals surface area contributed by atoms with Crippen molar-refractivity contribution in [1.29, 1.82) is 0 Å². The second-order valence-electron chi connectivity index (χ2n) is 5.39. The van der Waals surface area contributed by atoms with Crippen LogP contribution in [0.4, 0.5) is 13.2 Å². The minimum absolute atomic E-state index is 0.108. The van der Waals surface area contributed by atoms with Gasteiger partial charge >= 0.3 is 6.18 Å². The molecule has 0 aromatic carbocycles. The Hall–Kier alpha value is -0.780. The summed E-state index contributed by atoms with van der Waals surface area (Å²) in [4.78, 5) is 11.9. The number of hydrogen-bond acceptors (Lipinski definition) is 2. The number of carbonyl (C=O) groups is 1. The molecule has 6 heteroatoms. The molecule has 0 saturated heterocycles. The van der Waals surface area contributed by atoms with Crippen LogP contribution < -0.4 is 11.1 Å². The van der Waals surface area contributed by atoms with Crippen molar-refractivity contribution < 1.29 is 18.0 Å². The third kappa shape index (κ3) is 4.84. The highest BCUT2D eigenvalue weighted by Crippen LogP contribution is 2.29. The van der Waals surface area contributed by atoms with Gasteiger partial charge in [-0.05, 0) is 32.1 Å². The highest BCUT2D eigenvalue weighted by molar-refractivity contribution is 5.79. The van der Waals surface area contributed by atoms with Crippen LogP contribution in [0.25, 0.3) is 0 Å². The fourth-order valence-electron chi connectivity index (χ4n) is 2.58. The van der Waals surface area contributed by atoms with Crippen molar-refractivity contribution in [2.45, 2.75) is 57.8 Å². The van der Waals surface area contributed by atoms with E-state index >= 15 is 0 Å². The lowest BCUT2D eigenvalue weighted by Gasteiger charge is -2.32. The summed E-state index contributed by atoms with van der Waals surface area (Å²) in [6, 6.07) is -0.767. The van der Waals surface area contributed by atoms with E-state index in [0.29, 0.717) is 6.42 Å². The number of nitrogens with one attached hydrogen (secondary N) is 1. The van der Waals surface area contributed by atoms with Crippen LogP contribution in [-0.4, -0.2) is 24.2 Å². The largest absolute Gasteiger partial charge is 0.391 e. The molecule has 18 heavy (non-hydrogen) atoms. The minimum Gasteiger partial charge on any atom is -0.353 e. The number of alkyl halides is 3. The molecule has 1 aliphatic carbocycles. The van der Waals surface area contributed by atoms with Gasteiger partial charge in [-0.15, -0.1) is 0 Å². The third-order valence-electron chi connectivity index (χ3n) is 3.47. The molecule has 1 fully saturated rings. The van der Waals surface area contributed by atoms with Crippen LogP contribution in [0.5, 0.6) is 0 Å². The number of carbonyl (C=O) groups excluding carboxylic acids is 1. The molecule has 0 heterocycles. The molecule has 0 aromatic rings. The lowest BCUT2D eigenvalue weighted by Crippen LogP contribution is -2.44. The highest BCUT2D eigenvalue weighted by Gasteiger charge is 2.34. The Bertz CT molecular complexity index is 294. The van der Waals surface area contributed by atoms with Gasteiger partial charge in [0.1, 0.15) is 0 Å². The SMILES string of the molecule is CC(CC(F)(F)F)NC(=O)C1CCC(N)CC1C.